The Hall–Kier alpha value is -2.62. The van der Waals surface area contributed by atoms with Gasteiger partial charge >= 0.3 is 0 Å². The minimum Gasteiger partial charge on any atom is -0.289 e. The van der Waals surface area contributed by atoms with Crippen molar-refractivity contribution in [3.05, 3.63) is 52.6 Å². The van der Waals surface area contributed by atoms with E-state index in [4.69, 9.17) is 0 Å². The van der Waals surface area contributed by atoms with E-state index in [2.05, 4.69) is 15.0 Å². The summed E-state index contributed by atoms with van der Waals surface area (Å²) in [6.45, 7) is 0. The van der Waals surface area contributed by atoms with E-state index in [9.17, 15) is 4.79 Å². The molecule has 2 aliphatic rings. The van der Waals surface area contributed by atoms with Crippen molar-refractivity contribution in [1.29, 1.82) is 0 Å². The number of aromatic nitrogens is 3. The molecule has 84 valence electrons. The Morgan fingerprint density at radius 2 is 2.00 bits per heavy atom. The topological polar surface area (TPSA) is 55.7 Å². The molecule has 0 radical (unpaired) electrons. The molecular formula is C14H7N3O. The normalized spacial score (nSPS) is 14.3. The lowest BCUT2D eigenvalue weighted by molar-refractivity contribution is 0.104. The fourth-order valence-electron chi connectivity index (χ4n) is 2.41. The van der Waals surface area contributed by atoms with Crippen LogP contribution in [0.3, 0.4) is 0 Å². The average Bonchev–Trinajstić information content (AvgIpc) is 2.77. The van der Waals surface area contributed by atoms with Gasteiger partial charge in [-0.1, -0.05) is 12.2 Å². The average molecular weight is 233 g/mol. The van der Waals surface area contributed by atoms with Crippen molar-refractivity contribution >= 4 is 17.9 Å². The number of fused-ring (bicyclic) bond motifs is 5. The summed E-state index contributed by atoms with van der Waals surface area (Å²) < 4.78 is 0. The highest BCUT2D eigenvalue weighted by Gasteiger charge is 2.22. The van der Waals surface area contributed by atoms with Crippen LogP contribution >= 0.6 is 0 Å². The number of nitrogens with zero attached hydrogens (tertiary/aromatic N) is 3. The first kappa shape index (κ1) is 9.41. The highest BCUT2D eigenvalue weighted by atomic mass is 16.1. The third-order valence-corrected chi connectivity index (χ3v) is 3.18. The Balaban J connectivity index is 2.20. The molecule has 0 fully saturated rings. The number of allylic oxidation sites excluding steroid dienone is 2. The van der Waals surface area contributed by atoms with Gasteiger partial charge in [0, 0.05) is 34.3 Å². The molecule has 0 bridgehead atoms. The smallest absolute Gasteiger partial charge is 0.187 e. The van der Waals surface area contributed by atoms with Crippen molar-refractivity contribution < 1.29 is 4.79 Å². The molecule has 0 spiro atoms. The van der Waals surface area contributed by atoms with Gasteiger partial charge in [0.2, 0.25) is 0 Å². The van der Waals surface area contributed by atoms with Crippen LogP contribution in [-0.4, -0.2) is 20.7 Å². The van der Waals surface area contributed by atoms with Crippen LogP contribution in [0.25, 0.3) is 23.4 Å². The fourth-order valence-corrected chi connectivity index (χ4v) is 2.41. The lowest BCUT2D eigenvalue weighted by atomic mass is 9.98. The first-order valence-electron chi connectivity index (χ1n) is 5.58. The van der Waals surface area contributed by atoms with E-state index in [1.807, 2.05) is 12.2 Å². The molecule has 0 saturated carbocycles. The van der Waals surface area contributed by atoms with Crippen molar-refractivity contribution in [2.24, 2.45) is 0 Å². The van der Waals surface area contributed by atoms with Crippen LogP contribution in [0, 0.1) is 0 Å². The predicted molar refractivity (Wildman–Crippen MR) is 66.0 cm³/mol. The van der Waals surface area contributed by atoms with Gasteiger partial charge in [-0.05, 0) is 12.2 Å². The van der Waals surface area contributed by atoms with Crippen molar-refractivity contribution in [3.8, 4) is 11.3 Å². The first-order chi connectivity index (χ1) is 8.84. The molecule has 2 heterocycles. The largest absolute Gasteiger partial charge is 0.289 e. The maximum atomic E-state index is 12.1. The summed E-state index contributed by atoms with van der Waals surface area (Å²) in [5, 5.41) is 1.64. The third kappa shape index (κ3) is 1.09. The molecule has 2 aromatic heterocycles. The quantitative estimate of drug-likeness (QED) is 0.557. The Kier molecular flexibility index (Phi) is 1.67. The van der Waals surface area contributed by atoms with Gasteiger partial charge in [-0.2, -0.15) is 0 Å². The lowest BCUT2D eigenvalue weighted by Gasteiger charge is -2.07. The summed E-state index contributed by atoms with van der Waals surface area (Å²) in [7, 11) is 0. The molecule has 4 heteroatoms. The first-order valence-corrected chi connectivity index (χ1v) is 5.58. The van der Waals surface area contributed by atoms with Gasteiger partial charge in [0.1, 0.15) is 6.33 Å². The fraction of sp³-hybridized carbons (Fsp3) is 0. The number of carbonyl (C=O) groups excluding carboxylic acids is 1. The zero-order valence-corrected chi connectivity index (χ0v) is 9.29. The zero-order chi connectivity index (χ0) is 12.1. The zero-order valence-electron chi connectivity index (χ0n) is 9.29. The molecular weight excluding hydrogens is 226 g/mol. The van der Waals surface area contributed by atoms with E-state index in [0.29, 0.717) is 5.56 Å². The Morgan fingerprint density at radius 3 is 2.94 bits per heavy atom. The molecule has 0 saturated heterocycles. The molecule has 0 aliphatic heterocycles. The molecule has 0 aromatic carbocycles. The number of pyridine rings is 1. The van der Waals surface area contributed by atoms with Gasteiger partial charge in [-0.3, -0.25) is 9.78 Å². The summed E-state index contributed by atoms with van der Waals surface area (Å²) in [6, 6.07) is 0. The highest BCUT2D eigenvalue weighted by molar-refractivity contribution is 6.11. The second-order valence-corrected chi connectivity index (χ2v) is 4.21. The van der Waals surface area contributed by atoms with Gasteiger partial charge in [0.15, 0.2) is 5.78 Å². The van der Waals surface area contributed by atoms with Gasteiger partial charge in [0.25, 0.3) is 0 Å². The number of ketones is 1. The van der Waals surface area contributed by atoms with Crippen LogP contribution in [-0.2, 0) is 0 Å². The van der Waals surface area contributed by atoms with E-state index >= 15 is 0 Å². The molecule has 4 rings (SSSR count). The van der Waals surface area contributed by atoms with Crippen LogP contribution < -0.4 is 10.6 Å². The van der Waals surface area contributed by atoms with Crippen molar-refractivity contribution in [2.75, 3.05) is 0 Å². The van der Waals surface area contributed by atoms with E-state index in [-0.39, 0.29) is 5.78 Å². The van der Waals surface area contributed by atoms with Crippen LogP contribution in [0.5, 0.6) is 0 Å². The summed E-state index contributed by atoms with van der Waals surface area (Å²) in [5.74, 6) is 0.00557. The number of hydrogen-bond acceptors (Lipinski definition) is 4. The number of rotatable bonds is 0. The van der Waals surface area contributed by atoms with E-state index < -0.39 is 0 Å². The van der Waals surface area contributed by atoms with Crippen LogP contribution in [0.1, 0.15) is 15.9 Å². The number of hydrogen-bond donors (Lipinski definition) is 0. The summed E-state index contributed by atoms with van der Waals surface area (Å²) in [6.07, 6.45) is 12.1. The summed E-state index contributed by atoms with van der Waals surface area (Å²) in [5.41, 5.74) is 3.23. The van der Waals surface area contributed by atoms with Crippen molar-refractivity contribution in [2.45, 2.75) is 0 Å². The maximum Gasteiger partial charge on any atom is 0.187 e. The second-order valence-electron chi connectivity index (χ2n) is 4.21. The molecule has 0 N–H and O–H groups in total. The maximum absolute atomic E-state index is 12.1. The standard InChI is InChI=1S/C14H7N3O/c18-11-3-1-2-8-6-16-10-4-9-5-15-7-17-14(9)13(10)12(8)11/h1-7H. The third-order valence-electron chi connectivity index (χ3n) is 3.18. The van der Waals surface area contributed by atoms with E-state index in [1.165, 1.54) is 6.33 Å². The lowest BCUT2D eigenvalue weighted by Crippen LogP contribution is -2.25. The molecule has 0 unspecified atom stereocenters. The molecule has 18 heavy (non-hydrogen) atoms. The predicted octanol–water partition coefficient (Wildman–Crippen LogP) is 0.214. The van der Waals surface area contributed by atoms with E-state index in [1.54, 1.807) is 24.5 Å². The molecule has 4 nitrogen and oxygen atoms in total. The molecule has 0 amide bonds. The van der Waals surface area contributed by atoms with Gasteiger partial charge in [0.05, 0.1) is 11.0 Å². The summed E-state index contributed by atoms with van der Waals surface area (Å²) >= 11 is 0. The minimum atomic E-state index is 0.00557. The van der Waals surface area contributed by atoms with Crippen LogP contribution in [0.4, 0.5) is 0 Å². The molecule has 0 atom stereocenters. The highest BCUT2D eigenvalue weighted by Crippen LogP contribution is 2.25. The Morgan fingerprint density at radius 1 is 1.06 bits per heavy atom. The van der Waals surface area contributed by atoms with Crippen LogP contribution in [0.2, 0.25) is 0 Å². The van der Waals surface area contributed by atoms with Crippen molar-refractivity contribution in [3.63, 3.8) is 0 Å². The van der Waals surface area contributed by atoms with E-state index in [0.717, 1.165) is 27.4 Å². The SMILES string of the molecule is O=C1C=CC=c2cnc3c(c21)-c1ncncc1C=3. The molecule has 2 aliphatic carbocycles. The number of carbonyl (C=O) groups is 1. The Bertz CT molecular complexity index is 850. The summed E-state index contributed by atoms with van der Waals surface area (Å²) in [4.78, 5) is 24.7. The second kappa shape index (κ2) is 3.20. The van der Waals surface area contributed by atoms with Crippen LogP contribution in [0.15, 0.2) is 30.9 Å². The van der Waals surface area contributed by atoms with Gasteiger partial charge in [-0.25, -0.2) is 9.97 Å². The molecule has 2 aromatic rings. The monoisotopic (exact) mass is 233 g/mol. The minimum absolute atomic E-state index is 0.00557. The van der Waals surface area contributed by atoms with Gasteiger partial charge < -0.3 is 0 Å². The van der Waals surface area contributed by atoms with Gasteiger partial charge in [-0.15, -0.1) is 0 Å². The van der Waals surface area contributed by atoms with Crippen molar-refractivity contribution in [1.82, 2.24) is 15.0 Å². The Labute approximate surface area is 102 Å².